The van der Waals surface area contributed by atoms with Crippen molar-refractivity contribution in [1.29, 1.82) is 0 Å². The lowest BCUT2D eigenvalue weighted by molar-refractivity contribution is 0.0541. The molecule has 0 aliphatic carbocycles. The minimum atomic E-state index is -0.577. The van der Waals surface area contributed by atoms with Crippen LogP contribution in [0.4, 0.5) is 21.9 Å². The summed E-state index contributed by atoms with van der Waals surface area (Å²) in [5.74, 6) is -0.169. The van der Waals surface area contributed by atoms with Gasteiger partial charge in [-0.25, -0.2) is 14.9 Å². The van der Waals surface area contributed by atoms with Gasteiger partial charge < -0.3 is 15.0 Å². The maximum Gasteiger partial charge on any atom is 0.426 e. The van der Waals surface area contributed by atoms with Gasteiger partial charge in [-0.3, -0.25) is 10.2 Å². The zero-order valence-corrected chi connectivity index (χ0v) is 21.0. The molecule has 3 aromatic carbocycles. The standard InChI is InChI=1S/C27H30N6O3/c1-27(2,3)36-26(35)31-30-21-10-15-24-19(16-21)17-28-33(24)23-13-8-20(9-14-23)29-25(34)18-6-11-22(12-7-18)32(4)5/h6-17,30H,1-5H3,(H,29,34)(H,31,35). The fraction of sp³-hybridized carbons (Fsp3) is 0.222. The number of amides is 2. The summed E-state index contributed by atoms with van der Waals surface area (Å²) in [5.41, 5.74) is 9.56. The van der Waals surface area contributed by atoms with Crippen molar-refractivity contribution in [3.63, 3.8) is 0 Å². The van der Waals surface area contributed by atoms with E-state index in [1.807, 2.05) is 78.3 Å². The molecule has 0 saturated carbocycles. The topological polar surface area (TPSA) is 101 Å². The Hall–Kier alpha value is -4.53. The summed E-state index contributed by atoms with van der Waals surface area (Å²) in [7, 11) is 3.92. The highest BCUT2D eigenvalue weighted by Crippen LogP contribution is 2.23. The molecule has 0 bridgehead atoms. The molecule has 9 nitrogen and oxygen atoms in total. The molecule has 0 radical (unpaired) electrons. The first-order valence-corrected chi connectivity index (χ1v) is 11.5. The second-order valence-corrected chi connectivity index (χ2v) is 9.52. The minimum Gasteiger partial charge on any atom is -0.443 e. The van der Waals surface area contributed by atoms with Gasteiger partial charge in [0.05, 0.1) is 23.1 Å². The Bertz CT molecular complexity index is 1370. The molecule has 1 heterocycles. The van der Waals surface area contributed by atoms with Crippen molar-refractivity contribution in [3.8, 4) is 5.69 Å². The van der Waals surface area contributed by atoms with Gasteiger partial charge in [-0.2, -0.15) is 5.10 Å². The van der Waals surface area contributed by atoms with Crippen LogP contribution in [0, 0.1) is 0 Å². The molecule has 3 N–H and O–H groups in total. The number of ether oxygens (including phenoxy) is 1. The van der Waals surface area contributed by atoms with Crippen molar-refractivity contribution in [2.45, 2.75) is 26.4 Å². The highest BCUT2D eigenvalue weighted by Gasteiger charge is 2.16. The Kier molecular flexibility index (Phi) is 6.82. The van der Waals surface area contributed by atoms with E-state index in [0.29, 0.717) is 16.9 Å². The van der Waals surface area contributed by atoms with Gasteiger partial charge in [0.2, 0.25) is 0 Å². The van der Waals surface area contributed by atoms with Crippen LogP contribution in [0.15, 0.2) is 72.9 Å². The fourth-order valence-electron chi connectivity index (χ4n) is 3.54. The van der Waals surface area contributed by atoms with Gasteiger partial charge >= 0.3 is 6.09 Å². The van der Waals surface area contributed by atoms with E-state index in [1.54, 1.807) is 39.1 Å². The number of carbonyl (C=O) groups excluding carboxylic acids is 2. The molecule has 9 heteroatoms. The molecule has 1 aromatic heterocycles. The molecule has 0 unspecified atom stereocenters. The van der Waals surface area contributed by atoms with E-state index in [2.05, 4.69) is 21.3 Å². The van der Waals surface area contributed by atoms with Gasteiger partial charge in [-0.1, -0.05) is 0 Å². The lowest BCUT2D eigenvalue weighted by Gasteiger charge is -2.20. The molecule has 0 spiro atoms. The van der Waals surface area contributed by atoms with Crippen LogP contribution in [-0.4, -0.2) is 41.5 Å². The average molecular weight is 487 g/mol. The first kappa shape index (κ1) is 24.6. The monoisotopic (exact) mass is 486 g/mol. The Morgan fingerprint density at radius 1 is 0.917 bits per heavy atom. The van der Waals surface area contributed by atoms with Crippen LogP contribution in [0.5, 0.6) is 0 Å². The fourth-order valence-corrected chi connectivity index (χ4v) is 3.54. The third-order valence-corrected chi connectivity index (χ3v) is 5.29. The number of hydrogen-bond donors (Lipinski definition) is 3. The summed E-state index contributed by atoms with van der Waals surface area (Å²) in [6, 6.07) is 20.5. The summed E-state index contributed by atoms with van der Waals surface area (Å²) in [6.07, 6.45) is 1.19. The third-order valence-electron chi connectivity index (χ3n) is 5.29. The lowest BCUT2D eigenvalue weighted by atomic mass is 10.2. The van der Waals surface area contributed by atoms with Crippen molar-refractivity contribution >= 4 is 40.0 Å². The average Bonchev–Trinajstić information content (AvgIpc) is 3.25. The molecule has 2 amide bonds. The van der Waals surface area contributed by atoms with Crippen LogP contribution in [0.25, 0.3) is 16.6 Å². The number of carbonyl (C=O) groups is 2. The van der Waals surface area contributed by atoms with Gasteiger partial charge in [-0.15, -0.1) is 0 Å². The Morgan fingerprint density at radius 3 is 2.22 bits per heavy atom. The van der Waals surface area contributed by atoms with Crippen LogP contribution >= 0.6 is 0 Å². The summed E-state index contributed by atoms with van der Waals surface area (Å²) in [6.45, 7) is 5.41. The summed E-state index contributed by atoms with van der Waals surface area (Å²) >= 11 is 0. The zero-order chi connectivity index (χ0) is 25.9. The first-order chi connectivity index (χ1) is 17.1. The first-order valence-electron chi connectivity index (χ1n) is 11.5. The highest BCUT2D eigenvalue weighted by atomic mass is 16.6. The van der Waals surface area contributed by atoms with Crippen LogP contribution in [0.2, 0.25) is 0 Å². The van der Waals surface area contributed by atoms with Crippen LogP contribution in [-0.2, 0) is 4.74 Å². The molecule has 0 atom stereocenters. The molecule has 36 heavy (non-hydrogen) atoms. The number of nitrogens with zero attached hydrogens (tertiary/aromatic N) is 3. The smallest absolute Gasteiger partial charge is 0.426 e. The SMILES string of the molecule is CN(C)c1ccc(C(=O)Nc2ccc(-n3ncc4cc(NNC(=O)OC(C)(C)C)ccc43)cc2)cc1. The lowest BCUT2D eigenvalue weighted by Crippen LogP contribution is -2.35. The maximum atomic E-state index is 12.6. The van der Waals surface area contributed by atoms with Crippen molar-refractivity contribution in [1.82, 2.24) is 15.2 Å². The Morgan fingerprint density at radius 2 is 1.58 bits per heavy atom. The minimum absolute atomic E-state index is 0.169. The number of benzene rings is 3. The second-order valence-electron chi connectivity index (χ2n) is 9.52. The van der Waals surface area contributed by atoms with E-state index in [1.165, 1.54) is 0 Å². The van der Waals surface area contributed by atoms with Crippen molar-refractivity contribution in [2.75, 3.05) is 29.7 Å². The van der Waals surface area contributed by atoms with Gasteiger partial charge in [0.25, 0.3) is 5.91 Å². The van der Waals surface area contributed by atoms with Gasteiger partial charge in [0.15, 0.2) is 0 Å². The molecule has 0 fully saturated rings. The summed E-state index contributed by atoms with van der Waals surface area (Å²) in [5, 5.41) is 8.32. The van der Waals surface area contributed by atoms with Gasteiger partial charge in [-0.05, 0) is 87.5 Å². The predicted molar refractivity (Wildman–Crippen MR) is 143 cm³/mol. The number of hydrazine groups is 1. The van der Waals surface area contributed by atoms with E-state index in [4.69, 9.17) is 4.74 Å². The van der Waals surface area contributed by atoms with Crippen molar-refractivity contribution < 1.29 is 14.3 Å². The number of nitrogens with one attached hydrogen (secondary N) is 3. The maximum absolute atomic E-state index is 12.6. The van der Waals surface area contributed by atoms with E-state index in [-0.39, 0.29) is 5.91 Å². The molecular formula is C27H30N6O3. The predicted octanol–water partition coefficient (Wildman–Crippen LogP) is 5.20. The molecule has 186 valence electrons. The van der Waals surface area contributed by atoms with E-state index >= 15 is 0 Å². The van der Waals surface area contributed by atoms with Crippen molar-refractivity contribution in [3.05, 3.63) is 78.5 Å². The van der Waals surface area contributed by atoms with Crippen molar-refractivity contribution in [2.24, 2.45) is 0 Å². The largest absolute Gasteiger partial charge is 0.443 e. The molecule has 0 aliphatic heterocycles. The summed E-state index contributed by atoms with van der Waals surface area (Å²) in [4.78, 5) is 26.4. The molecular weight excluding hydrogens is 456 g/mol. The molecule has 4 rings (SSSR count). The van der Waals surface area contributed by atoms with E-state index < -0.39 is 11.7 Å². The number of rotatable bonds is 6. The van der Waals surface area contributed by atoms with Gasteiger partial charge in [0, 0.05) is 36.4 Å². The number of hydrogen-bond acceptors (Lipinski definition) is 6. The molecule has 4 aromatic rings. The normalized spacial score (nSPS) is 11.1. The van der Waals surface area contributed by atoms with Crippen LogP contribution < -0.4 is 21.1 Å². The van der Waals surface area contributed by atoms with E-state index in [0.717, 1.165) is 22.3 Å². The molecule has 0 aliphatic rings. The number of aromatic nitrogens is 2. The molecule has 0 saturated heterocycles. The quantitative estimate of drug-likeness (QED) is 0.324. The number of fused-ring (bicyclic) bond motifs is 1. The number of anilines is 3. The third kappa shape index (κ3) is 5.93. The Balaban J connectivity index is 1.42. The Labute approximate surface area is 210 Å². The highest BCUT2D eigenvalue weighted by molar-refractivity contribution is 6.04. The summed E-state index contributed by atoms with van der Waals surface area (Å²) < 4.78 is 7.04. The second kappa shape index (κ2) is 9.99. The van der Waals surface area contributed by atoms with E-state index in [9.17, 15) is 9.59 Å². The zero-order valence-electron chi connectivity index (χ0n) is 21.0. The van der Waals surface area contributed by atoms with Gasteiger partial charge in [0.1, 0.15) is 5.60 Å². The van der Waals surface area contributed by atoms with Crippen LogP contribution in [0.3, 0.4) is 0 Å². The van der Waals surface area contributed by atoms with Crippen LogP contribution in [0.1, 0.15) is 31.1 Å².